The number of aryl methyl sites for hydroxylation is 1. The van der Waals surface area contributed by atoms with Gasteiger partial charge in [-0.3, -0.25) is 4.79 Å². The fraction of sp³-hybridized carbons (Fsp3) is 0.333. The molecule has 0 saturated heterocycles. The first-order valence-corrected chi connectivity index (χ1v) is 10.3. The van der Waals surface area contributed by atoms with Crippen LogP contribution in [-0.4, -0.2) is 45.3 Å². The summed E-state index contributed by atoms with van der Waals surface area (Å²) in [5, 5.41) is 4.62. The van der Waals surface area contributed by atoms with E-state index >= 15 is 0 Å². The van der Waals surface area contributed by atoms with Gasteiger partial charge in [-0.15, -0.1) is 22.7 Å². The third kappa shape index (κ3) is 4.09. The Balaban J connectivity index is 2.16. The van der Waals surface area contributed by atoms with Crippen LogP contribution in [0.4, 0.5) is 5.00 Å². The molecular weight excluding hydrogens is 384 g/mol. The molecule has 0 saturated carbocycles. The molecule has 7 nitrogen and oxygen atoms in total. The van der Waals surface area contributed by atoms with Gasteiger partial charge in [0.1, 0.15) is 9.21 Å². The first kappa shape index (κ1) is 19.6. The lowest BCUT2D eigenvalue weighted by Gasteiger charge is -2.15. The molecule has 10 heteroatoms. The molecule has 2 aromatic heterocycles. The van der Waals surface area contributed by atoms with Crippen LogP contribution >= 0.6 is 22.7 Å². The van der Waals surface area contributed by atoms with E-state index in [0.717, 1.165) is 26.1 Å². The summed E-state index contributed by atoms with van der Waals surface area (Å²) in [6.45, 7) is 3.23. The Kier molecular flexibility index (Phi) is 5.99. The molecule has 0 bridgehead atoms. The third-order valence-corrected chi connectivity index (χ3v) is 7.85. The predicted molar refractivity (Wildman–Crippen MR) is 97.9 cm³/mol. The molecular formula is C15H18N2O5S3. The van der Waals surface area contributed by atoms with Gasteiger partial charge in [0.2, 0.25) is 5.91 Å². The summed E-state index contributed by atoms with van der Waals surface area (Å²) in [7, 11) is -1.11. The SMILES string of the molecule is COC(=O)c1c(NC(=O)CN(C)S(=O)(=O)c2cccs2)sc(C)c1C. The van der Waals surface area contributed by atoms with Crippen LogP contribution < -0.4 is 5.32 Å². The zero-order valence-corrected chi connectivity index (χ0v) is 16.6. The Morgan fingerprint density at radius 1 is 1.32 bits per heavy atom. The quantitative estimate of drug-likeness (QED) is 0.750. The van der Waals surface area contributed by atoms with Gasteiger partial charge in [-0.1, -0.05) is 6.07 Å². The molecule has 25 heavy (non-hydrogen) atoms. The standard InChI is InChI=1S/C15H18N2O5S3/c1-9-10(2)24-14(13(9)15(19)22-4)16-11(18)8-17(3)25(20,21)12-6-5-7-23-12/h5-7H,8H2,1-4H3,(H,16,18). The van der Waals surface area contributed by atoms with E-state index in [1.165, 1.54) is 31.6 Å². The lowest BCUT2D eigenvalue weighted by Crippen LogP contribution is -2.34. The Labute approximate surface area is 154 Å². The molecule has 0 spiro atoms. The van der Waals surface area contributed by atoms with Gasteiger partial charge >= 0.3 is 5.97 Å². The molecule has 0 atom stereocenters. The Bertz CT molecular complexity index is 885. The number of esters is 1. The number of methoxy groups -OCH3 is 1. The summed E-state index contributed by atoms with van der Waals surface area (Å²) in [6.07, 6.45) is 0. The monoisotopic (exact) mass is 402 g/mol. The van der Waals surface area contributed by atoms with Gasteiger partial charge in [-0.25, -0.2) is 13.2 Å². The smallest absolute Gasteiger partial charge is 0.341 e. The van der Waals surface area contributed by atoms with Crippen LogP contribution in [0, 0.1) is 13.8 Å². The van der Waals surface area contributed by atoms with E-state index in [1.54, 1.807) is 18.4 Å². The molecule has 0 fully saturated rings. The minimum absolute atomic E-state index is 0.167. The predicted octanol–water partition coefficient (Wildman–Crippen LogP) is 2.47. The lowest BCUT2D eigenvalue weighted by atomic mass is 10.1. The summed E-state index contributed by atoms with van der Waals surface area (Å²) in [5.41, 5.74) is 1.02. The molecule has 0 aliphatic rings. The van der Waals surface area contributed by atoms with Crippen molar-refractivity contribution in [3.05, 3.63) is 33.5 Å². The van der Waals surface area contributed by atoms with Crippen LogP contribution in [-0.2, 0) is 19.6 Å². The Morgan fingerprint density at radius 3 is 2.56 bits per heavy atom. The third-order valence-electron chi connectivity index (χ3n) is 3.55. The fourth-order valence-electron chi connectivity index (χ4n) is 2.08. The minimum Gasteiger partial charge on any atom is -0.465 e. The van der Waals surface area contributed by atoms with Gasteiger partial charge in [-0.2, -0.15) is 4.31 Å². The van der Waals surface area contributed by atoms with Crippen molar-refractivity contribution in [1.29, 1.82) is 0 Å². The number of likely N-dealkylation sites (N-methyl/N-ethyl adjacent to an activating group) is 1. The van der Waals surface area contributed by atoms with E-state index in [9.17, 15) is 18.0 Å². The fourth-order valence-corrected chi connectivity index (χ4v) is 5.47. The number of sulfonamides is 1. The van der Waals surface area contributed by atoms with Crippen molar-refractivity contribution in [3.63, 3.8) is 0 Å². The first-order chi connectivity index (χ1) is 11.7. The van der Waals surface area contributed by atoms with E-state index in [2.05, 4.69) is 5.32 Å². The largest absolute Gasteiger partial charge is 0.465 e. The van der Waals surface area contributed by atoms with E-state index in [0.29, 0.717) is 10.6 Å². The number of nitrogens with one attached hydrogen (secondary N) is 1. The highest BCUT2D eigenvalue weighted by Crippen LogP contribution is 2.33. The number of anilines is 1. The average Bonchev–Trinajstić information content (AvgIpc) is 3.16. The Hall–Kier alpha value is -1.75. The first-order valence-electron chi connectivity index (χ1n) is 7.16. The molecule has 0 aliphatic carbocycles. The number of hydrogen-bond donors (Lipinski definition) is 1. The van der Waals surface area contributed by atoms with Gasteiger partial charge in [0.25, 0.3) is 10.0 Å². The number of thiophene rings is 2. The van der Waals surface area contributed by atoms with Crippen LogP contribution in [0.5, 0.6) is 0 Å². The zero-order valence-electron chi connectivity index (χ0n) is 14.2. The maximum Gasteiger partial charge on any atom is 0.341 e. The van der Waals surface area contributed by atoms with Gasteiger partial charge in [0, 0.05) is 11.9 Å². The number of carbonyl (C=O) groups excluding carboxylic acids is 2. The molecule has 0 aliphatic heterocycles. The molecule has 0 radical (unpaired) electrons. The van der Waals surface area contributed by atoms with Gasteiger partial charge in [0.05, 0.1) is 19.2 Å². The van der Waals surface area contributed by atoms with Crippen LogP contribution in [0.2, 0.25) is 0 Å². The minimum atomic E-state index is -3.71. The normalized spacial score (nSPS) is 11.6. The highest BCUT2D eigenvalue weighted by molar-refractivity contribution is 7.91. The number of ether oxygens (including phenoxy) is 1. The van der Waals surface area contributed by atoms with E-state index in [4.69, 9.17) is 4.74 Å². The van der Waals surface area contributed by atoms with Crippen molar-refractivity contribution in [2.24, 2.45) is 0 Å². The van der Waals surface area contributed by atoms with Crippen molar-refractivity contribution in [1.82, 2.24) is 4.31 Å². The van der Waals surface area contributed by atoms with Crippen molar-refractivity contribution in [2.75, 3.05) is 26.0 Å². The summed E-state index contributed by atoms with van der Waals surface area (Å²) in [6, 6.07) is 3.11. The second kappa shape index (κ2) is 7.65. The van der Waals surface area contributed by atoms with E-state index in [-0.39, 0.29) is 10.8 Å². The number of nitrogens with zero attached hydrogens (tertiary/aromatic N) is 1. The van der Waals surface area contributed by atoms with Gasteiger partial charge in [0.15, 0.2) is 0 Å². The second-order valence-electron chi connectivity index (χ2n) is 5.22. The van der Waals surface area contributed by atoms with Crippen LogP contribution in [0.25, 0.3) is 0 Å². The number of rotatable bonds is 6. The molecule has 2 aromatic rings. The van der Waals surface area contributed by atoms with Gasteiger partial charge in [-0.05, 0) is 30.9 Å². The van der Waals surface area contributed by atoms with Crippen LogP contribution in [0.1, 0.15) is 20.8 Å². The molecule has 1 amide bonds. The number of hydrogen-bond acceptors (Lipinski definition) is 7. The molecule has 0 aromatic carbocycles. The summed E-state index contributed by atoms with van der Waals surface area (Å²) >= 11 is 2.33. The maximum absolute atomic E-state index is 12.3. The highest BCUT2D eigenvalue weighted by Gasteiger charge is 2.26. The van der Waals surface area contributed by atoms with Crippen molar-refractivity contribution >= 4 is 49.6 Å². The van der Waals surface area contributed by atoms with Crippen molar-refractivity contribution in [2.45, 2.75) is 18.1 Å². The van der Waals surface area contributed by atoms with Crippen molar-refractivity contribution < 1.29 is 22.7 Å². The number of carbonyl (C=O) groups is 2. The number of amides is 1. The molecule has 136 valence electrons. The average molecular weight is 403 g/mol. The molecule has 0 unspecified atom stereocenters. The highest BCUT2D eigenvalue weighted by atomic mass is 32.2. The van der Waals surface area contributed by atoms with E-state index < -0.39 is 21.9 Å². The molecule has 1 N–H and O–H groups in total. The molecule has 2 heterocycles. The zero-order chi connectivity index (χ0) is 18.8. The summed E-state index contributed by atoms with van der Waals surface area (Å²) in [5.74, 6) is -1.08. The summed E-state index contributed by atoms with van der Waals surface area (Å²) < 4.78 is 30.6. The summed E-state index contributed by atoms with van der Waals surface area (Å²) in [4.78, 5) is 25.0. The maximum atomic E-state index is 12.3. The van der Waals surface area contributed by atoms with Crippen LogP contribution in [0.3, 0.4) is 0 Å². The van der Waals surface area contributed by atoms with E-state index in [1.807, 2.05) is 6.92 Å². The Morgan fingerprint density at radius 2 is 2.00 bits per heavy atom. The lowest BCUT2D eigenvalue weighted by molar-refractivity contribution is -0.116. The topological polar surface area (TPSA) is 92.8 Å². The van der Waals surface area contributed by atoms with Gasteiger partial charge < -0.3 is 10.1 Å². The van der Waals surface area contributed by atoms with Crippen molar-refractivity contribution in [3.8, 4) is 0 Å². The molecule has 2 rings (SSSR count). The van der Waals surface area contributed by atoms with Crippen LogP contribution in [0.15, 0.2) is 21.7 Å². The second-order valence-corrected chi connectivity index (χ2v) is 9.66.